The minimum Gasteiger partial charge on any atom is -0.382 e. The van der Waals surface area contributed by atoms with Gasteiger partial charge in [0.1, 0.15) is 11.4 Å². The average molecular weight is 283 g/mol. The predicted octanol–water partition coefficient (Wildman–Crippen LogP) is 1.96. The van der Waals surface area contributed by atoms with Gasteiger partial charge in [0.2, 0.25) is 0 Å². The van der Waals surface area contributed by atoms with Gasteiger partial charge in [-0.3, -0.25) is 14.3 Å². The Labute approximate surface area is 114 Å². The fourth-order valence-corrected chi connectivity index (χ4v) is 3.52. The molecule has 1 aromatic rings. The Balaban J connectivity index is 2.20. The Bertz CT molecular complexity index is 497. The first-order chi connectivity index (χ1) is 9.11. The number of nitro groups is 1. The van der Waals surface area contributed by atoms with Crippen molar-refractivity contribution in [3.63, 3.8) is 0 Å². The summed E-state index contributed by atoms with van der Waals surface area (Å²) < 4.78 is 11.3. The van der Waals surface area contributed by atoms with Gasteiger partial charge in [0.25, 0.3) is 0 Å². The number of nitro benzene ring substituents is 1. The topological polar surface area (TPSA) is 84.3 Å². The van der Waals surface area contributed by atoms with Gasteiger partial charge in [-0.2, -0.15) is 0 Å². The maximum atomic E-state index is 11.3. The van der Waals surface area contributed by atoms with Crippen molar-refractivity contribution in [1.82, 2.24) is 0 Å². The molecular formula is C12H17N3O3S. The van der Waals surface area contributed by atoms with Crippen LogP contribution in [0.3, 0.4) is 0 Å². The van der Waals surface area contributed by atoms with Gasteiger partial charge in [0, 0.05) is 35.4 Å². The number of nitrogens with one attached hydrogen (secondary N) is 2. The Kier molecular flexibility index (Phi) is 4.36. The van der Waals surface area contributed by atoms with Crippen molar-refractivity contribution in [2.45, 2.75) is 18.9 Å². The second-order valence-corrected chi connectivity index (χ2v) is 6.17. The third-order valence-electron chi connectivity index (χ3n) is 3.24. The fourth-order valence-electron chi connectivity index (χ4n) is 2.22. The molecule has 1 saturated heterocycles. The van der Waals surface area contributed by atoms with Crippen LogP contribution < -0.4 is 10.6 Å². The molecule has 0 amide bonds. The standard InChI is InChI=1S/C12H17N3O3S/c1-13-10-3-2-4-11(12(10)15(16)17)14-9-5-7-19(18)8-6-9/h2-4,9,13-14H,5-8H2,1H3. The van der Waals surface area contributed by atoms with E-state index in [9.17, 15) is 14.3 Å². The van der Waals surface area contributed by atoms with Crippen molar-refractivity contribution < 1.29 is 9.13 Å². The monoisotopic (exact) mass is 283 g/mol. The summed E-state index contributed by atoms with van der Waals surface area (Å²) in [5.74, 6) is 1.33. The maximum absolute atomic E-state index is 11.3. The van der Waals surface area contributed by atoms with Crippen molar-refractivity contribution in [1.29, 1.82) is 0 Å². The molecule has 7 heteroatoms. The molecule has 2 rings (SSSR count). The number of hydrogen-bond acceptors (Lipinski definition) is 5. The first kappa shape index (κ1) is 13.8. The normalized spacial score (nSPS) is 22.8. The summed E-state index contributed by atoms with van der Waals surface area (Å²) >= 11 is 0. The van der Waals surface area contributed by atoms with E-state index in [-0.39, 0.29) is 16.7 Å². The molecule has 0 saturated carbocycles. The predicted molar refractivity (Wildman–Crippen MR) is 77.2 cm³/mol. The van der Waals surface area contributed by atoms with E-state index >= 15 is 0 Å². The Hall–Kier alpha value is -1.63. The summed E-state index contributed by atoms with van der Waals surface area (Å²) in [6.45, 7) is 0. The molecule has 1 aromatic carbocycles. The lowest BCUT2D eigenvalue weighted by Crippen LogP contribution is -2.29. The van der Waals surface area contributed by atoms with Crippen LogP contribution in [-0.4, -0.2) is 33.7 Å². The quantitative estimate of drug-likeness (QED) is 0.652. The molecule has 0 unspecified atom stereocenters. The van der Waals surface area contributed by atoms with Gasteiger partial charge in [-0.15, -0.1) is 0 Å². The summed E-state index contributed by atoms with van der Waals surface area (Å²) in [7, 11) is 0.937. The van der Waals surface area contributed by atoms with Crippen molar-refractivity contribution in [3.05, 3.63) is 28.3 Å². The van der Waals surface area contributed by atoms with Gasteiger partial charge >= 0.3 is 5.69 Å². The summed E-state index contributed by atoms with van der Waals surface area (Å²) in [5, 5.41) is 17.2. The lowest BCUT2D eigenvalue weighted by Gasteiger charge is -2.23. The van der Waals surface area contributed by atoms with Gasteiger partial charge < -0.3 is 10.6 Å². The molecule has 1 aliphatic rings. The van der Waals surface area contributed by atoms with Gasteiger partial charge in [0.15, 0.2) is 0 Å². The maximum Gasteiger partial charge on any atom is 0.315 e. The van der Waals surface area contributed by atoms with E-state index in [0.29, 0.717) is 22.9 Å². The smallest absolute Gasteiger partial charge is 0.315 e. The molecule has 1 fully saturated rings. The average Bonchev–Trinajstić information content (AvgIpc) is 2.40. The van der Waals surface area contributed by atoms with Crippen molar-refractivity contribution in [2.75, 3.05) is 29.2 Å². The molecule has 0 radical (unpaired) electrons. The Morgan fingerprint density at radius 3 is 2.53 bits per heavy atom. The number of anilines is 2. The number of para-hydroxylation sites is 1. The molecule has 6 nitrogen and oxygen atoms in total. The molecule has 1 aliphatic heterocycles. The van der Waals surface area contributed by atoms with Crippen LogP contribution in [-0.2, 0) is 10.8 Å². The van der Waals surface area contributed by atoms with Crippen molar-refractivity contribution in [2.24, 2.45) is 0 Å². The van der Waals surface area contributed by atoms with E-state index in [1.54, 1.807) is 25.2 Å². The van der Waals surface area contributed by atoms with Crippen LogP contribution >= 0.6 is 0 Å². The SMILES string of the molecule is CNc1cccc(NC2CCS(=O)CC2)c1[N+](=O)[O-]. The van der Waals surface area contributed by atoms with E-state index < -0.39 is 10.8 Å². The van der Waals surface area contributed by atoms with Gasteiger partial charge in [-0.05, 0) is 25.0 Å². The molecule has 0 spiro atoms. The minimum atomic E-state index is -0.725. The van der Waals surface area contributed by atoms with Crippen molar-refractivity contribution in [3.8, 4) is 0 Å². The first-order valence-electron chi connectivity index (χ1n) is 6.18. The van der Waals surface area contributed by atoms with Crippen molar-refractivity contribution >= 4 is 27.9 Å². The Morgan fingerprint density at radius 1 is 1.32 bits per heavy atom. The number of nitrogens with zero attached hydrogens (tertiary/aromatic N) is 1. The lowest BCUT2D eigenvalue weighted by atomic mass is 10.1. The van der Waals surface area contributed by atoms with Crippen LogP contribution in [0.15, 0.2) is 18.2 Å². The molecule has 1 heterocycles. The largest absolute Gasteiger partial charge is 0.382 e. The molecule has 0 aromatic heterocycles. The summed E-state index contributed by atoms with van der Waals surface area (Å²) in [5.41, 5.74) is 1.08. The summed E-state index contributed by atoms with van der Waals surface area (Å²) in [6, 6.07) is 5.33. The highest BCUT2D eigenvalue weighted by atomic mass is 32.2. The molecule has 19 heavy (non-hydrogen) atoms. The molecular weight excluding hydrogens is 266 g/mol. The van der Waals surface area contributed by atoms with Crippen LogP contribution in [0, 0.1) is 10.1 Å². The summed E-state index contributed by atoms with van der Waals surface area (Å²) in [4.78, 5) is 10.8. The van der Waals surface area contributed by atoms with Crippen LogP contribution in [0.4, 0.5) is 17.1 Å². The van der Waals surface area contributed by atoms with Gasteiger partial charge in [-0.25, -0.2) is 0 Å². The van der Waals surface area contributed by atoms with E-state index in [2.05, 4.69) is 10.6 Å². The highest BCUT2D eigenvalue weighted by Crippen LogP contribution is 2.33. The highest BCUT2D eigenvalue weighted by Gasteiger charge is 2.23. The fraction of sp³-hybridized carbons (Fsp3) is 0.500. The molecule has 0 atom stereocenters. The zero-order chi connectivity index (χ0) is 13.8. The highest BCUT2D eigenvalue weighted by molar-refractivity contribution is 7.85. The molecule has 104 valence electrons. The molecule has 0 bridgehead atoms. The third kappa shape index (κ3) is 3.23. The number of benzene rings is 1. The third-order valence-corrected chi connectivity index (χ3v) is 4.62. The minimum absolute atomic E-state index is 0.0664. The van der Waals surface area contributed by atoms with E-state index in [1.165, 1.54) is 0 Å². The summed E-state index contributed by atoms with van der Waals surface area (Å²) in [6.07, 6.45) is 1.57. The van der Waals surface area contributed by atoms with Crippen LogP contribution in [0.5, 0.6) is 0 Å². The number of rotatable bonds is 4. The van der Waals surface area contributed by atoms with Gasteiger partial charge in [-0.1, -0.05) is 6.07 Å². The zero-order valence-corrected chi connectivity index (χ0v) is 11.5. The number of hydrogen-bond donors (Lipinski definition) is 2. The van der Waals surface area contributed by atoms with E-state index in [0.717, 1.165) is 12.8 Å². The van der Waals surface area contributed by atoms with E-state index in [4.69, 9.17) is 0 Å². The van der Waals surface area contributed by atoms with Crippen LogP contribution in [0.25, 0.3) is 0 Å². The molecule has 2 N–H and O–H groups in total. The van der Waals surface area contributed by atoms with Gasteiger partial charge in [0.05, 0.1) is 4.92 Å². The van der Waals surface area contributed by atoms with E-state index in [1.807, 2.05) is 0 Å². The zero-order valence-electron chi connectivity index (χ0n) is 10.7. The first-order valence-corrected chi connectivity index (χ1v) is 7.67. The van der Waals surface area contributed by atoms with Crippen LogP contribution in [0.1, 0.15) is 12.8 Å². The molecule has 0 aliphatic carbocycles. The Morgan fingerprint density at radius 2 is 1.95 bits per heavy atom. The van der Waals surface area contributed by atoms with Crippen LogP contribution in [0.2, 0.25) is 0 Å². The lowest BCUT2D eigenvalue weighted by molar-refractivity contribution is -0.383. The second-order valence-electron chi connectivity index (χ2n) is 4.48. The second kappa shape index (κ2) is 6.01.